The van der Waals surface area contributed by atoms with Crippen LogP contribution in [0.5, 0.6) is 0 Å². The Hall–Kier alpha value is -3.28. The van der Waals surface area contributed by atoms with E-state index in [0.717, 1.165) is 29.3 Å². The van der Waals surface area contributed by atoms with Crippen molar-refractivity contribution in [1.29, 1.82) is 0 Å². The summed E-state index contributed by atoms with van der Waals surface area (Å²) in [6, 6.07) is 4.79. The zero-order chi connectivity index (χ0) is 21.1. The smallest absolute Gasteiger partial charge is 0.217 e. The topological polar surface area (TPSA) is 66.5 Å². The quantitative estimate of drug-likeness (QED) is 0.707. The molecule has 156 valence electrons. The van der Waals surface area contributed by atoms with Crippen LogP contribution in [0.4, 0.5) is 4.39 Å². The molecule has 2 unspecified atom stereocenters. The molecule has 2 atom stereocenters. The minimum atomic E-state index is -0.364. The van der Waals surface area contributed by atoms with Gasteiger partial charge in [-0.15, -0.1) is 0 Å². The number of aryl methyl sites for hydroxylation is 1. The number of nitrogens with two attached hydrogens (primary N) is 1. The van der Waals surface area contributed by atoms with E-state index in [9.17, 15) is 9.18 Å². The molecule has 2 aromatic rings. The third-order valence-electron chi connectivity index (χ3n) is 5.76. The minimum absolute atomic E-state index is 0.137. The van der Waals surface area contributed by atoms with Crippen molar-refractivity contribution < 1.29 is 18.7 Å². The highest BCUT2D eigenvalue weighted by molar-refractivity contribution is 5.85. The van der Waals surface area contributed by atoms with E-state index in [4.69, 9.17) is 15.2 Å². The van der Waals surface area contributed by atoms with Crippen LogP contribution in [0.2, 0.25) is 0 Å². The van der Waals surface area contributed by atoms with Crippen molar-refractivity contribution in [2.45, 2.75) is 31.6 Å². The highest BCUT2D eigenvalue weighted by Gasteiger charge is 2.34. The lowest BCUT2D eigenvalue weighted by Crippen LogP contribution is -2.22. The number of allylic oxidation sites excluding steroid dienone is 4. The number of carbonyl (C=O) groups is 1. The molecule has 2 heterocycles. The number of benzene rings is 1. The number of rotatable bonds is 7. The molecule has 0 bridgehead atoms. The van der Waals surface area contributed by atoms with Crippen LogP contribution >= 0.6 is 0 Å². The highest BCUT2D eigenvalue weighted by Crippen LogP contribution is 2.44. The van der Waals surface area contributed by atoms with Crippen molar-refractivity contribution in [3.63, 3.8) is 0 Å². The molecule has 0 saturated heterocycles. The van der Waals surface area contributed by atoms with Crippen LogP contribution in [-0.2, 0) is 21.3 Å². The van der Waals surface area contributed by atoms with Gasteiger partial charge in [-0.3, -0.25) is 4.79 Å². The van der Waals surface area contributed by atoms with Crippen LogP contribution in [0.25, 0.3) is 10.9 Å². The lowest BCUT2D eigenvalue weighted by Gasteiger charge is -2.31. The number of primary amides is 1. The summed E-state index contributed by atoms with van der Waals surface area (Å²) in [5, 5.41) is 0.830. The van der Waals surface area contributed by atoms with Crippen molar-refractivity contribution in [1.82, 2.24) is 4.57 Å². The third-order valence-corrected chi connectivity index (χ3v) is 5.76. The number of halogens is 1. The molecule has 1 aliphatic carbocycles. The normalized spacial score (nSPS) is 17.7. The van der Waals surface area contributed by atoms with E-state index in [1.165, 1.54) is 24.2 Å². The van der Waals surface area contributed by atoms with E-state index in [1.54, 1.807) is 18.4 Å². The Morgan fingerprint density at radius 3 is 2.90 bits per heavy atom. The van der Waals surface area contributed by atoms with Crippen LogP contribution in [-0.4, -0.2) is 10.5 Å². The SMILES string of the molecule is Cn1cc(C(CCC(N)=O)C(C2=CC=CCC2)C2=COC=CO2)c2cc(F)ccc21. The molecular formula is C24H25FN2O3. The highest BCUT2D eigenvalue weighted by atomic mass is 19.1. The average Bonchev–Trinajstić information content (AvgIpc) is 3.07. The summed E-state index contributed by atoms with van der Waals surface area (Å²) in [6.45, 7) is 0. The molecular weight excluding hydrogens is 383 g/mol. The average molecular weight is 408 g/mol. The Balaban J connectivity index is 1.86. The maximum Gasteiger partial charge on any atom is 0.217 e. The van der Waals surface area contributed by atoms with Crippen LogP contribution in [0.3, 0.4) is 0 Å². The monoisotopic (exact) mass is 408 g/mol. The van der Waals surface area contributed by atoms with Crippen molar-refractivity contribution in [3.05, 3.63) is 84.1 Å². The second-order valence-electron chi connectivity index (χ2n) is 7.70. The molecule has 2 N–H and O–H groups in total. The van der Waals surface area contributed by atoms with Gasteiger partial charge in [-0.05, 0) is 43.0 Å². The summed E-state index contributed by atoms with van der Waals surface area (Å²) in [6.07, 6.45) is 15.4. The van der Waals surface area contributed by atoms with Gasteiger partial charge in [-0.1, -0.05) is 23.8 Å². The molecule has 1 amide bonds. The van der Waals surface area contributed by atoms with E-state index in [0.29, 0.717) is 12.2 Å². The van der Waals surface area contributed by atoms with Crippen molar-refractivity contribution >= 4 is 16.8 Å². The van der Waals surface area contributed by atoms with Crippen molar-refractivity contribution in [2.24, 2.45) is 18.7 Å². The molecule has 1 aliphatic heterocycles. The Morgan fingerprint density at radius 1 is 1.33 bits per heavy atom. The van der Waals surface area contributed by atoms with Gasteiger partial charge in [0, 0.05) is 42.4 Å². The van der Waals surface area contributed by atoms with Crippen LogP contribution in [0.15, 0.2) is 72.7 Å². The fraction of sp³-hybridized carbons (Fsp3) is 0.292. The molecule has 1 aromatic carbocycles. The minimum Gasteiger partial charge on any atom is -0.466 e. The maximum atomic E-state index is 14.1. The summed E-state index contributed by atoms with van der Waals surface area (Å²) in [4.78, 5) is 11.7. The van der Waals surface area contributed by atoms with E-state index in [2.05, 4.69) is 12.2 Å². The van der Waals surface area contributed by atoms with Crippen molar-refractivity contribution in [3.8, 4) is 0 Å². The number of ether oxygens (including phenoxy) is 2. The number of fused-ring (bicyclic) bond motifs is 1. The van der Waals surface area contributed by atoms with E-state index in [1.807, 2.05) is 23.9 Å². The molecule has 6 heteroatoms. The third kappa shape index (κ3) is 4.03. The molecule has 0 fully saturated rings. The molecule has 30 heavy (non-hydrogen) atoms. The van der Waals surface area contributed by atoms with Gasteiger partial charge < -0.3 is 19.8 Å². The first-order valence-corrected chi connectivity index (χ1v) is 10.1. The number of nitrogens with zero attached hydrogens (tertiary/aromatic N) is 1. The Bertz CT molecular complexity index is 1080. The molecule has 5 nitrogen and oxygen atoms in total. The van der Waals surface area contributed by atoms with E-state index >= 15 is 0 Å². The molecule has 0 saturated carbocycles. The summed E-state index contributed by atoms with van der Waals surface area (Å²) in [7, 11) is 1.94. The fourth-order valence-electron chi connectivity index (χ4n) is 4.43. The maximum absolute atomic E-state index is 14.1. The first kappa shape index (κ1) is 20.0. The van der Waals surface area contributed by atoms with Gasteiger partial charge in [0.05, 0.1) is 0 Å². The van der Waals surface area contributed by atoms with Gasteiger partial charge >= 0.3 is 0 Å². The van der Waals surface area contributed by atoms with E-state index < -0.39 is 0 Å². The standard InChI is InChI=1S/C24H25FN2O3/c1-27-14-20(19-13-17(25)7-9-21(19)27)18(8-10-23(26)28)24(16-5-3-2-4-6-16)22-15-29-11-12-30-22/h2-3,5,7,9,11-15,18,24H,4,6,8,10H2,1H3,(H2,26,28). The van der Waals surface area contributed by atoms with Crippen LogP contribution in [0, 0.1) is 11.7 Å². The summed E-state index contributed by atoms with van der Waals surface area (Å²) < 4.78 is 27.4. The summed E-state index contributed by atoms with van der Waals surface area (Å²) >= 11 is 0. The predicted molar refractivity (Wildman–Crippen MR) is 113 cm³/mol. The number of aromatic nitrogens is 1. The number of hydrogen-bond acceptors (Lipinski definition) is 3. The lowest BCUT2D eigenvalue weighted by molar-refractivity contribution is -0.118. The van der Waals surface area contributed by atoms with Gasteiger partial charge in [0.25, 0.3) is 0 Å². The largest absolute Gasteiger partial charge is 0.466 e. The van der Waals surface area contributed by atoms with Gasteiger partial charge in [-0.2, -0.15) is 0 Å². The van der Waals surface area contributed by atoms with Gasteiger partial charge in [0.1, 0.15) is 30.4 Å². The summed E-state index contributed by atoms with van der Waals surface area (Å²) in [5.41, 5.74) is 8.59. The van der Waals surface area contributed by atoms with Crippen LogP contribution in [0.1, 0.15) is 37.2 Å². The zero-order valence-electron chi connectivity index (χ0n) is 16.9. The molecule has 0 spiro atoms. The van der Waals surface area contributed by atoms with Gasteiger partial charge in [-0.25, -0.2) is 4.39 Å². The Morgan fingerprint density at radius 2 is 2.20 bits per heavy atom. The molecule has 4 rings (SSSR count). The van der Waals surface area contributed by atoms with Gasteiger partial charge in [0.15, 0.2) is 0 Å². The van der Waals surface area contributed by atoms with Crippen molar-refractivity contribution in [2.75, 3.05) is 0 Å². The number of amides is 1. The Kier molecular flexibility index (Phi) is 5.74. The first-order chi connectivity index (χ1) is 14.5. The fourth-order valence-corrected chi connectivity index (χ4v) is 4.43. The number of carbonyl (C=O) groups excluding carboxylic acids is 1. The zero-order valence-corrected chi connectivity index (χ0v) is 16.9. The second-order valence-corrected chi connectivity index (χ2v) is 7.70. The summed E-state index contributed by atoms with van der Waals surface area (Å²) in [5.74, 6) is -0.283. The lowest BCUT2D eigenvalue weighted by atomic mass is 9.75. The molecule has 0 radical (unpaired) electrons. The van der Waals surface area contributed by atoms with Crippen LogP contribution < -0.4 is 5.73 Å². The molecule has 1 aromatic heterocycles. The van der Waals surface area contributed by atoms with Gasteiger partial charge in [0.2, 0.25) is 5.91 Å². The number of hydrogen-bond donors (Lipinski definition) is 1. The molecule has 2 aliphatic rings. The second kappa shape index (κ2) is 8.61. The van der Waals surface area contributed by atoms with E-state index in [-0.39, 0.29) is 30.0 Å². The first-order valence-electron chi connectivity index (χ1n) is 10.1. The Labute approximate surface area is 174 Å². The predicted octanol–water partition coefficient (Wildman–Crippen LogP) is 4.92.